The highest BCUT2D eigenvalue weighted by molar-refractivity contribution is 5.73. The molecule has 2 aliphatic heterocycles. The lowest BCUT2D eigenvalue weighted by molar-refractivity contribution is -0.130. The molecule has 1 aromatic carbocycles. The Morgan fingerprint density at radius 3 is 2.36 bits per heavy atom. The van der Waals surface area contributed by atoms with Crippen molar-refractivity contribution in [2.24, 2.45) is 5.92 Å². The molecule has 0 unspecified atom stereocenters. The highest BCUT2D eigenvalue weighted by Crippen LogP contribution is 2.21. The summed E-state index contributed by atoms with van der Waals surface area (Å²) >= 11 is 0. The van der Waals surface area contributed by atoms with E-state index in [0.717, 1.165) is 26.1 Å². The van der Waals surface area contributed by atoms with Crippen molar-refractivity contribution in [1.82, 2.24) is 10.2 Å². The maximum absolute atomic E-state index is 11.5. The molecule has 2 atom stereocenters. The number of hydrogen-bond acceptors (Lipinski definition) is 3. The topological polar surface area (TPSA) is 35.6 Å². The van der Waals surface area contributed by atoms with E-state index in [-0.39, 0.29) is 5.91 Å². The van der Waals surface area contributed by atoms with Crippen LogP contribution in [0.5, 0.6) is 0 Å². The zero-order valence-corrected chi connectivity index (χ0v) is 15.8. The van der Waals surface area contributed by atoms with Crippen LogP contribution >= 0.6 is 0 Å². The fraction of sp³-hybridized carbons (Fsp3) is 0.667. The summed E-state index contributed by atoms with van der Waals surface area (Å²) in [4.78, 5) is 16.0. The fourth-order valence-electron chi connectivity index (χ4n) is 4.14. The van der Waals surface area contributed by atoms with Gasteiger partial charge in [0.15, 0.2) is 0 Å². The second-order valence-corrected chi connectivity index (χ2v) is 7.79. The van der Waals surface area contributed by atoms with Crippen LogP contribution < -0.4 is 10.2 Å². The molecule has 0 spiro atoms. The first-order valence-electron chi connectivity index (χ1n) is 9.96. The zero-order valence-electron chi connectivity index (χ0n) is 15.8. The molecule has 1 amide bonds. The molecule has 0 aromatic heterocycles. The van der Waals surface area contributed by atoms with E-state index < -0.39 is 0 Å². The maximum Gasteiger partial charge on any atom is 0.219 e. The highest BCUT2D eigenvalue weighted by atomic mass is 16.2. The summed E-state index contributed by atoms with van der Waals surface area (Å²) in [6.07, 6.45) is 6.44. The maximum atomic E-state index is 11.5. The van der Waals surface area contributed by atoms with Gasteiger partial charge in [-0.3, -0.25) is 4.79 Å². The molecular weight excluding hydrogens is 310 g/mol. The van der Waals surface area contributed by atoms with Crippen molar-refractivity contribution in [2.45, 2.75) is 58.5 Å². The minimum absolute atomic E-state index is 0.203. The SMILES string of the molecule is CC(=O)N1CC[C@H](NCc2ccc(N3CCCCCC3)cc2)[C@@H](C)C1. The van der Waals surface area contributed by atoms with E-state index in [1.807, 2.05) is 4.90 Å². The minimum Gasteiger partial charge on any atom is -0.372 e. The van der Waals surface area contributed by atoms with Crippen LogP contribution in [0.2, 0.25) is 0 Å². The number of carbonyl (C=O) groups is 1. The van der Waals surface area contributed by atoms with E-state index in [1.165, 1.54) is 50.0 Å². The highest BCUT2D eigenvalue weighted by Gasteiger charge is 2.26. The summed E-state index contributed by atoms with van der Waals surface area (Å²) in [6, 6.07) is 9.60. The number of nitrogens with zero attached hydrogens (tertiary/aromatic N) is 2. The third-order valence-electron chi connectivity index (χ3n) is 5.83. The number of carbonyl (C=O) groups excluding carboxylic acids is 1. The van der Waals surface area contributed by atoms with Gasteiger partial charge in [0.2, 0.25) is 5.91 Å². The summed E-state index contributed by atoms with van der Waals surface area (Å²) < 4.78 is 0. The third-order valence-corrected chi connectivity index (χ3v) is 5.83. The Balaban J connectivity index is 1.49. The molecule has 4 nitrogen and oxygen atoms in total. The lowest BCUT2D eigenvalue weighted by atomic mass is 9.93. The van der Waals surface area contributed by atoms with Gasteiger partial charge < -0.3 is 15.1 Å². The molecule has 0 aliphatic carbocycles. The van der Waals surface area contributed by atoms with Gasteiger partial charge in [-0.25, -0.2) is 0 Å². The number of piperidine rings is 1. The molecular formula is C21H33N3O. The second kappa shape index (κ2) is 8.70. The number of rotatable bonds is 4. The van der Waals surface area contributed by atoms with E-state index in [0.29, 0.717) is 12.0 Å². The van der Waals surface area contributed by atoms with Gasteiger partial charge in [0, 0.05) is 51.4 Å². The number of hydrogen-bond donors (Lipinski definition) is 1. The molecule has 3 rings (SSSR count). The number of likely N-dealkylation sites (tertiary alicyclic amines) is 1. The summed E-state index contributed by atoms with van der Waals surface area (Å²) in [5.74, 6) is 0.712. The summed E-state index contributed by atoms with van der Waals surface area (Å²) in [7, 11) is 0. The molecule has 0 saturated carbocycles. The first-order valence-corrected chi connectivity index (χ1v) is 9.96. The Morgan fingerprint density at radius 1 is 1.08 bits per heavy atom. The third kappa shape index (κ3) is 4.97. The van der Waals surface area contributed by atoms with Crippen LogP contribution in [0.15, 0.2) is 24.3 Å². The standard InChI is InChI=1S/C21H33N3O/c1-17-16-24(18(2)25)14-11-21(17)22-15-19-7-9-20(10-8-19)23-12-5-3-4-6-13-23/h7-10,17,21-22H,3-6,11-16H2,1-2H3/t17-,21-/m0/s1. The van der Waals surface area contributed by atoms with Gasteiger partial charge in [-0.1, -0.05) is 31.9 Å². The minimum atomic E-state index is 0.203. The number of benzene rings is 1. The average Bonchev–Trinajstić information content (AvgIpc) is 2.90. The zero-order chi connectivity index (χ0) is 17.6. The molecule has 2 heterocycles. The number of nitrogens with one attached hydrogen (secondary N) is 1. The van der Waals surface area contributed by atoms with Gasteiger partial charge in [0.25, 0.3) is 0 Å². The van der Waals surface area contributed by atoms with E-state index in [1.54, 1.807) is 6.92 Å². The molecule has 0 radical (unpaired) electrons. The first-order chi connectivity index (χ1) is 12.1. The molecule has 25 heavy (non-hydrogen) atoms. The molecule has 0 bridgehead atoms. The Hall–Kier alpha value is -1.55. The Kier molecular flexibility index (Phi) is 6.35. The molecule has 2 fully saturated rings. The number of anilines is 1. The van der Waals surface area contributed by atoms with Gasteiger partial charge in [-0.15, -0.1) is 0 Å². The normalized spacial score (nSPS) is 24.9. The van der Waals surface area contributed by atoms with E-state index in [4.69, 9.17) is 0 Å². The average molecular weight is 344 g/mol. The van der Waals surface area contributed by atoms with Crippen molar-refractivity contribution >= 4 is 11.6 Å². The van der Waals surface area contributed by atoms with E-state index >= 15 is 0 Å². The predicted molar refractivity (Wildman–Crippen MR) is 104 cm³/mol. The van der Waals surface area contributed by atoms with Crippen LogP contribution in [-0.2, 0) is 11.3 Å². The quantitative estimate of drug-likeness (QED) is 0.910. The Morgan fingerprint density at radius 2 is 1.76 bits per heavy atom. The first kappa shape index (κ1) is 18.2. The molecule has 2 aliphatic rings. The van der Waals surface area contributed by atoms with Gasteiger partial charge in [-0.2, -0.15) is 0 Å². The van der Waals surface area contributed by atoms with Crippen LogP contribution in [0, 0.1) is 5.92 Å². The smallest absolute Gasteiger partial charge is 0.219 e. The molecule has 1 N–H and O–H groups in total. The molecule has 138 valence electrons. The lowest BCUT2D eigenvalue weighted by Crippen LogP contribution is -2.49. The van der Waals surface area contributed by atoms with Gasteiger partial charge in [-0.05, 0) is 42.9 Å². The molecule has 4 heteroatoms. The van der Waals surface area contributed by atoms with Crippen molar-refractivity contribution in [2.75, 3.05) is 31.1 Å². The second-order valence-electron chi connectivity index (χ2n) is 7.79. The van der Waals surface area contributed by atoms with E-state index in [9.17, 15) is 4.79 Å². The van der Waals surface area contributed by atoms with Crippen molar-refractivity contribution in [1.29, 1.82) is 0 Å². The lowest BCUT2D eigenvalue weighted by Gasteiger charge is -2.37. The fourth-order valence-corrected chi connectivity index (χ4v) is 4.14. The van der Waals surface area contributed by atoms with Crippen LogP contribution in [0.3, 0.4) is 0 Å². The van der Waals surface area contributed by atoms with Gasteiger partial charge >= 0.3 is 0 Å². The van der Waals surface area contributed by atoms with E-state index in [2.05, 4.69) is 41.4 Å². The van der Waals surface area contributed by atoms with Crippen molar-refractivity contribution in [3.8, 4) is 0 Å². The van der Waals surface area contributed by atoms with Crippen molar-refractivity contribution < 1.29 is 4.79 Å². The molecule has 2 saturated heterocycles. The van der Waals surface area contributed by atoms with Crippen LogP contribution in [0.4, 0.5) is 5.69 Å². The summed E-state index contributed by atoms with van der Waals surface area (Å²) in [5, 5.41) is 3.70. The number of amides is 1. The summed E-state index contributed by atoms with van der Waals surface area (Å²) in [6.45, 7) is 8.98. The van der Waals surface area contributed by atoms with Crippen LogP contribution in [0.25, 0.3) is 0 Å². The molecule has 1 aromatic rings. The monoisotopic (exact) mass is 343 g/mol. The van der Waals surface area contributed by atoms with Crippen molar-refractivity contribution in [3.63, 3.8) is 0 Å². The van der Waals surface area contributed by atoms with Gasteiger partial charge in [0.05, 0.1) is 0 Å². The van der Waals surface area contributed by atoms with Gasteiger partial charge in [0.1, 0.15) is 0 Å². The Labute approximate surface area is 152 Å². The van der Waals surface area contributed by atoms with Crippen LogP contribution in [-0.4, -0.2) is 43.0 Å². The van der Waals surface area contributed by atoms with Crippen LogP contribution in [0.1, 0.15) is 51.5 Å². The largest absolute Gasteiger partial charge is 0.372 e. The van der Waals surface area contributed by atoms with Crippen molar-refractivity contribution in [3.05, 3.63) is 29.8 Å². The summed E-state index contributed by atoms with van der Waals surface area (Å²) in [5.41, 5.74) is 2.72. The predicted octanol–water partition coefficient (Wildman–Crippen LogP) is 3.41. The Bertz CT molecular complexity index is 549.